The number of nitrogens with one attached hydrogen (secondary N) is 1. The van der Waals surface area contributed by atoms with Crippen LogP contribution in [0.15, 0.2) is 73.1 Å². The highest BCUT2D eigenvalue weighted by Crippen LogP contribution is 2.19. The summed E-state index contributed by atoms with van der Waals surface area (Å²) in [7, 11) is 0. The third-order valence-electron chi connectivity index (χ3n) is 4.76. The fraction of sp³-hybridized carbons (Fsp3) is 0.190. The molecule has 27 heavy (non-hydrogen) atoms. The summed E-state index contributed by atoms with van der Waals surface area (Å²) in [6.45, 7) is 2.70. The molecule has 6 heteroatoms. The minimum Gasteiger partial charge on any atom is -0.368 e. The lowest BCUT2D eigenvalue weighted by atomic mass is 10.2. The van der Waals surface area contributed by atoms with Crippen LogP contribution in [0.2, 0.25) is 0 Å². The zero-order valence-electron chi connectivity index (χ0n) is 14.9. The minimum absolute atomic E-state index is 0.0987. The second-order valence-electron chi connectivity index (χ2n) is 6.52. The second-order valence-corrected chi connectivity index (χ2v) is 6.52. The monoisotopic (exact) mass is 364 g/mol. The molecule has 138 valence electrons. The lowest BCUT2D eigenvalue weighted by Crippen LogP contribution is -2.50. The fourth-order valence-corrected chi connectivity index (χ4v) is 3.27. The van der Waals surface area contributed by atoms with E-state index in [4.69, 9.17) is 0 Å². The predicted molar refractivity (Wildman–Crippen MR) is 105 cm³/mol. The standard InChI is InChI=1S/C21H21FN4O/c22-17-6-8-19(9-7-17)25-12-14-26(15-13-25)21(27)23-18-4-3-5-20(16-18)24-10-1-2-11-24/h1-11,16H,12-15H2,(H,23,27). The Morgan fingerprint density at radius 1 is 0.852 bits per heavy atom. The Balaban J connectivity index is 1.36. The van der Waals surface area contributed by atoms with E-state index in [1.165, 1.54) is 12.1 Å². The van der Waals surface area contributed by atoms with Gasteiger partial charge in [-0.3, -0.25) is 0 Å². The Kier molecular flexibility index (Phi) is 4.78. The van der Waals surface area contributed by atoms with Gasteiger partial charge in [0, 0.05) is 55.6 Å². The predicted octanol–water partition coefficient (Wildman–Crippen LogP) is 3.97. The van der Waals surface area contributed by atoms with Crippen LogP contribution in [0, 0.1) is 5.82 Å². The van der Waals surface area contributed by atoms with Crippen LogP contribution in [0.3, 0.4) is 0 Å². The molecular formula is C21H21FN4O. The van der Waals surface area contributed by atoms with Crippen LogP contribution in [0.4, 0.5) is 20.6 Å². The van der Waals surface area contributed by atoms with Crippen molar-refractivity contribution in [3.8, 4) is 5.69 Å². The highest BCUT2D eigenvalue weighted by atomic mass is 19.1. The van der Waals surface area contributed by atoms with Gasteiger partial charge in [0.15, 0.2) is 0 Å². The molecule has 1 fully saturated rings. The molecule has 0 radical (unpaired) electrons. The molecule has 2 amide bonds. The van der Waals surface area contributed by atoms with Crippen LogP contribution in [-0.4, -0.2) is 41.7 Å². The summed E-state index contributed by atoms with van der Waals surface area (Å²) in [6, 6.07) is 18.1. The number of hydrogen-bond acceptors (Lipinski definition) is 2. The highest BCUT2D eigenvalue weighted by Gasteiger charge is 2.21. The summed E-state index contributed by atoms with van der Waals surface area (Å²) in [5, 5.41) is 2.98. The Morgan fingerprint density at radius 3 is 2.26 bits per heavy atom. The van der Waals surface area contributed by atoms with Crippen molar-refractivity contribution in [3.05, 3.63) is 78.9 Å². The van der Waals surface area contributed by atoms with Crippen molar-refractivity contribution in [2.45, 2.75) is 0 Å². The van der Waals surface area contributed by atoms with Crippen molar-refractivity contribution in [2.24, 2.45) is 0 Å². The number of rotatable bonds is 3. The average Bonchev–Trinajstić information content (AvgIpc) is 3.24. The maximum absolute atomic E-state index is 13.1. The zero-order valence-corrected chi connectivity index (χ0v) is 14.9. The smallest absolute Gasteiger partial charge is 0.321 e. The summed E-state index contributed by atoms with van der Waals surface area (Å²) in [5.41, 5.74) is 2.75. The molecule has 1 aliphatic rings. The van der Waals surface area contributed by atoms with E-state index >= 15 is 0 Å². The van der Waals surface area contributed by atoms with Crippen molar-refractivity contribution in [1.29, 1.82) is 0 Å². The summed E-state index contributed by atoms with van der Waals surface area (Å²) in [6.07, 6.45) is 3.94. The highest BCUT2D eigenvalue weighted by molar-refractivity contribution is 5.89. The van der Waals surface area contributed by atoms with Gasteiger partial charge in [0.05, 0.1) is 0 Å². The normalized spacial score (nSPS) is 14.3. The number of aromatic nitrogens is 1. The Bertz CT molecular complexity index is 900. The maximum atomic E-state index is 13.1. The molecular weight excluding hydrogens is 343 g/mol. The van der Waals surface area contributed by atoms with Crippen LogP contribution in [-0.2, 0) is 0 Å². The van der Waals surface area contributed by atoms with Gasteiger partial charge >= 0.3 is 6.03 Å². The quantitative estimate of drug-likeness (QED) is 0.764. The number of benzene rings is 2. The van der Waals surface area contributed by atoms with Gasteiger partial charge in [-0.2, -0.15) is 0 Å². The molecule has 2 heterocycles. The van der Waals surface area contributed by atoms with E-state index < -0.39 is 0 Å². The number of halogens is 1. The van der Waals surface area contributed by atoms with Crippen molar-refractivity contribution in [2.75, 3.05) is 36.4 Å². The van der Waals surface area contributed by atoms with Gasteiger partial charge in [-0.1, -0.05) is 6.07 Å². The van der Waals surface area contributed by atoms with E-state index in [0.29, 0.717) is 13.1 Å². The average molecular weight is 364 g/mol. The Hall–Kier alpha value is -3.28. The van der Waals surface area contributed by atoms with Crippen molar-refractivity contribution in [1.82, 2.24) is 9.47 Å². The molecule has 3 aromatic rings. The Morgan fingerprint density at radius 2 is 1.56 bits per heavy atom. The first kappa shape index (κ1) is 17.1. The molecule has 0 saturated carbocycles. The zero-order chi connectivity index (χ0) is 18.6. The molecule has 4 rings (SSSR count). The van der Waals surface area contributed by atoms with E-state index in [1.807, 2.05) is 58.3 Å². The van der Waals surface area contributed by atoms with Crippen LogP contribution in [0.1, 0.15) is 0 Å². The minimum atomic E-state index is -0.237. The molecule has 0 bridgehead atoms. The third kappa shape index (κ3) is 3.95. The number of amides is 2. The van der Waals surface area contributed by atoms with Gasteiger partial charge < -0.3 is 19.7 Å². The van der Waals surface area contributed by atoms with Crippen molar-refractivity contribution >= 4 is 17.4 Å². The fourth-order valence-electron chi connectivity index (χ4n) is 3.27. The lowest BCUT2D eigenvalue weighted by molar-refractivity contribution is 0.208. The summed E-state index contributed by atoms with van der Waals surface area (Å²) >= 11 is 0. The Labute approximate surface area is 157 Å². The van der Waals surface area contributed by atoms with Gasteiger partial charge in [-0.15, -0.1) is 0 Å². The summed E-state index contributed by atoms with van der Waals surface area (Å²) < 4.78 is 15.1. The van der Waals surface area contributed by atoms with Gasteiger partial charge in [0.2, 0.25) is 0 Å². The van der Waals surface area contributed by atoms with E-state index in [0.717, 1.165) is 30.2 Å². The molecule has 0 atom stereocenters. The van der Waals surface area contributed by atoms with Crippen LogP contribution >= 0.6 is 0 Å². The summed E-state index contributed by atoms with van der Waals surface area (Å²) in [5.74, 6) is -0.237. The maximum Gasteiger partial charge on any atom is 0.321 e. The largest absolute Gasteiger partial charge is 0.368 e. The van der Waals surface area contributed by atoms with E-state index in [1.54, 1.807) is 12.1 Å². The van der Waals surface area contributed by atoms with E-state index in [-0.39, 0.29) is 11.8 Å². The molecule has 1 saturated heterocycles. The molecule has 1 aromatic heterocycles. The summed E-state index contributed by atoms with van der Waals surface area (Å²) in [4.78, 5) is 16.6. The SMILES string of the molecule is O=C(Nc1cccc(-n2cccc2)c1)N1CCN(c2ccc(F)cc2)CC1. The van der Waals surface area contributed by atoms with Crippen LogP contribution in [0.25, 0.3) is 5.69 Å². The van der Waals surface area contributed by atoms with Crippen molar-refractivity contribution in [3.63, 3.8) is 0 Å². The number of carbonyl (C=O) groups is 1. The first-order valence-corrected chi connectivity index (χ1v) is 8.99. The van der Waals surface area contributed by atoms with Gasteiger partial charge in [-0.25, -0.2) is 9.18 Å². The number of nitrogens with zero attached hydrogens (tertiary/aromatic N) is 3. The third-order valence-corrected chi connectivity index (χ3v) is 4.76. The first-order chi connectivity index (χ1) is 13.2. The molecule has 0 unspecified atom stereocenters. The molecule has 1 aliphatic heterocycles. The lowest BCUT2D eigenvalue weighted by Gasteiger charge is -2.36. The second kappa shape index (κ2) is 7.53. The molecule has 2 aromatic carbocycles. The van der Waals surface area contributed by atoms with Crippen LogP contribution < -0.4 is 10.2 Å². The number of hydrogen-bond donors (Lipinski definition) is 1. The first-order valence-electron chi connectivity index (χ1n) is 8.99. The molecule has 0 aliphatic carbocycles. The van der Waals surface area contributed by atoms with Gasteiger partial charge in [0.25, 0.3) is 0 Å². The van der Waals surface area contributed by atoms with Crippen molar-refractivity contribution < 1.29 is 9.18 Å². The van der Waals surface area contributed by atoms with Gasteiger partial charge in [0.1, 0.15) is 5.82 Å². The number of carbonyl (C=O) groups excluding carboxylic acids is 1. The number of anilines is 2. The van der Waals surface area contributed by atoms with Gasteiger partial charge in [-0.05, 0) is 54.6 Å². The van der Waals surface area contributed by atoms with Crippen LogP contribution in [0.5, 0.6) is 0 Å². The van der Waals surface area contributed by atoms with E-state index in [9.17, 15) is 9.18 Å². The molecule has 1 N–H and O–H groups in total. The molecule has 0 spiro atoms. The van der Waals surface area contributed by atoms with E-state index in [2.05, 4.69) is 10.2 Å². The topological polar surface area (TPSA) is 40.5 Å². The number of urea groups is 1. The molecule has 5 nitrogen and oxygen atoms in total. The number of piperazine rings is 1.